The first-order valence-electron chi connectivity index (χ1n) is 6.77. The molecule has 0 amide bonds. The standard InChI is InChI=1S/C15H21NO2S/c1-3-18-15-5-4-13(12(2)17)10-14(15)11-16-6-8-19-9-7-16/h4-5,10H,3,6-9,11H2,1-2H3. The summed E-state index contributed by atoms with van der Waals surface area (Å²) in [5, 5.41) is 0. The first-order chi connectivity index (χ1) is 9.20. The van der Waals surface area contributed by atoms with E-state index in [1.807, 2.05) is 36.9 Å². The molecule has 3 nitrogen and oxygen atoms in total. The Hall–Kier alpha value is -1.00. The van der Waals surface area contributed by atoms with Crippen LogP contribution in [0.5, 0.6) is 5.75 Å². The van der Waals surface area contributed by atoms with Crippen molar-refractivity contribution in [3.8, 4) is 5.75 Å². The Labute approximate surface area is 119 Å². The van der Waals surface area contributed by atoms with Crippen molar-refractivity contribution in [2.45, 2.75) is 20.4 Å². The Morgan fingerprint density at radius 3 is 2.74 bits per heavy atom. The lowest BCUT2D eigenvalue weighted by atomic mass is 10.1. The van der Waals surface area contributed by atoms with Gasteiger partial charge in [0.15, 0.2) is 5.78 Å². The van der Waals surface area contributed by atoms with Gasteiger partial charge in [0, 0.05) is 42.3 Å². The number of ether oxygens (including phenoxy) is 1. The van der Waals surface area contributed by atoms with Crippen LogP contribution >= 0.6 is 11.8 Å². The molecule has 0 aromatic heterocycles. The highest BCUT2D eigenvalue weighted by Gasteiger charge is 2.14. The summed E-state index contributed by atoms with van der Waals surface area (Å²) < 4.78 is 5.67. The van der Waals surface area contributed by atoms with Crippen molar-refractivity contribution in [1.82, 2.24) is 4.90 Å². The fourth-order valence-corrected chi connectivity index (χ4v) is 3.20. The van der Waals surface area contributed by atoms with E-state index in [0.717, 1.165) is 36.5 Å². The highest BCUT2D eigenvalue weighted by molar-refractivity contribution is 7.99. The molecule has 0 saturated carbocycles. The lowest BCUT2D eigenvalue weighted by molar-refractivity contribution is 0.101. The molecule has 1 aliphatic rings. The van der Waals surface area contributed by atoms with Gasteiger partial charge in [-0.2, -0.15) is 11.8 Å². The third-order valence-corrected chi connectivity index (χ3v) is 4.21. The lowest BCUT2D eigenvalue weighted by Gasteiger charge is -2.27. The topological polar surface area (TPSA) is 29.5 Å². The summed E-state index contributed by atoms with van der Waals surface area (Å²) in [4.78, 5) is 13.9. The van der Waals surface area contributed by atoms with Gasteiger partial charge < -0.3 is 4.74 Å². The summed E-state index contributed by atoms with van der Waals surface area (Å²) in [5.41, 5.74) is 1.89. The maximum absolute atomic E-state index is 11.5. The molecule has 0 bridgehead atoms. The molecule has 0 aliphatic carbocycles. The predicted octanol–water partition coefficient (Wildman–Crippen LogP) is 2.84. The molecular weight excluding hydrogens is 258 g/mol. The fourth-order valence-electron chi connectivity index (χ4n) is 2.22. The molecule has 0 atom stereocenters. The minimum absolute atomic E-state index is 0.110. The van der Waals surface area contributed by atoms with Crippen LogP contribution in [0.15, 0.2) is 18.2 Å². The Morgan fingerprint density at radius 1 is 1.37 bits per heavy atom. The number of thioether (sulfide) groups is 1. The van der Waals surface area contributed by atoms with Crippen molar-refractivity contribution in [2.24, 2.45) is 0 Å². The number of benzene rings is 1. The van der Waals surface area contributed by atoms with Crippen molar-refractivity contribution in [3.63, 3.8) is 0 Å². The monoisotopic (exact) mass is 279 g/mol. The fraction of sp³-hybridized carbons (Fsp3) is 0.533. The van der Waals surface area contributed by atoms with Crippen LogP contribution in [0.3, 0.4) is 0 Å². The normalized spacial score (nSPS) is 16.3. The van der Waals surface area contributed by atoms with Gasteiger partial charge in [-0.15, -0.1) is 0 Å². The van der Waals surface area contributed by atoms with Gasteiger partial charge in [-0.25, -0.2) is 0 Å². The van der Waals surface area contributed by atoms with Gasteiger partial charge in [0.25, 0.3) is 0 Å². The van der Waals surface area contributed by atoms with Gasteiger partial charge in [0.05, 0.1) is 6.61 Å². The Bertz CT molecular complexity index is 442. The highest BCUT2D eigenvalue weighted by atomic mass is 32.2. The van der Waals surface area contributed by atoms with E-state index in [2.05, 4.69) is 4.90 Å². The van der Waals surface area contributed by atoms with Gasteiger partial charge in [-0.3, -0.25) is 9.69 Å². The predicted molar refractivity (Wildman–Crippen MR) is 80.2 cm³/mol. The third-order valence-electron chi connectivity index (χ3n) is 3.26. The van der Waals surface area contributed by atoms with E-state index in [-0.39, 0.29) is 5.78 Å². The number of hydrogen-bond donors (Lipinski definition) is 0. The first kappa shape index (κ1) is 14.4. The molecule has 1 saturated heterocycles. The van der Waals surface area contributed by atoms with Crippen LogP contribution in [0, 0.1) is 0 Å². The van der Waals surface area contributed by atoms with Gasteiger partial charge >= 0.3 is 0 Å². The first-order valence-corrected chi connectivity index (χ1v) is 7.93. The minimum Gasteiger partial charge on any atom is -0.494 e. The van der Waals surface area contributed by atoms with Crippen molar-refractivity contribution < 1.29 is 9.53 Å². The Kier molecular flexibility index (Phi) is 5.28. The molecule has 2 rings (SSSR count). The second kappa shape index (κ2) is 6.96. The SMILES string of the molecule is CCOc1ccc(C(C)=O)cc1CN1CCSCC1. The molecular formula is C15H21NO2S. The smallest absolute Gasteiger partial charge is 0.159 e. The van der Waals surface area contributed by atoms with Crippen LogP contribution in [0.25, 0.3) is 0 Å². The van der Waals surface area contributed by atoms with Gasteiger partial charge in [-0.05, 0) is 32.0 Å². The van der Waals surface area contributed by atoms with Crippen molar-refractivity contribution in [3.05, 3.63) is 29.3 Å². The highest BCUT2D eigenvalue weighted by Crippen LogP contribution is 2.23. The second-order valence-electron chi connectivity index (χ2n) is 4.70. The zero-order valence-electron chi connectivity index (χ0n) is 11.6. The van der Waals surface area contributed by atoms with Gasteiger partial charge in [-0.1, -0.05) is 0 Å². The number of rotatable bonds is 5. The van der Waals surface area contributed by atoms with Crippen molar-refractivity contribution in [2.75, 3.05) is 31.2 Å². The zero-order valence-corrected chi connectivity index (χ0v) is 12.5. The number of Topliss-reactive ketones (excluding diaryl/α,β-unsaturated/α-hetero) is 1. The molecule has 0 N–H and O–H groups in total. The Balaban J connectivity index is 2.18. The summed E-state index contributed by atoms with van der Waals surface area (Å²) in [6.07, 6.45) is 0. The van der Waals surface area contributed by atoms with Crippen molar-refractivity contribution >= 4 is 17.5 Å². The third kappa shape index (κ3) is 3.98. The molecule has 1 aliphatic heterocycles. The Morgan fingerprint density at radius 2 is 2.11 bits per heavy atom. The molecule has 1 fully saturated rings. The van der Waals surface area contributed by atoms with Crippen molar-refractivity contribution in [1.29, 1.82) is 0 Å². The van der Waals surface area contributed by atoms with E-state index in [1.54, 1.807) is 6.92 Å². The largest absolute Gasteiger partial charge is 0.494 e. The maximum atomic E-state index is 11.5. The van der Waals surface area contributed by atoms with Crippen LogP contribution < -0.4 is 4.74 Å². The number of carbonyl (C=O) groups excluding carboxylic acids is 1. The van der Waals surface area contributed by atoms with Crippen LogP contribution in [-0.2, 0) is 6.54 Å². The molecule has 0 spiro atoms. The molecule has 4 heteroatoms. The average Bonchev–Trinajstić information content (AvgIpc) is 2.42. The number of nitrogens with zero attached hydrogens (tertiary/aromatic N) is 1. The number of carbonyl (C=O) groups is 1. The number of ketones is 1. The van der Waals surface area contributed by atoms with E-state index in [9.17, 15) is 4.79 Å². The van der Waals surface area contributed by atoms with Crippen LogP contribution in [0.1, 0.15) is 29.8 Å². The van der Waals surface area contributed by atoms with Gasteiger partial charge in [0.2, 0.25) is 0 Å². The number of hydrogen-bond acceptors (Lipinski definition) is 4. The molecule has 1 aromatic rings. The summed E-state index contributed by atoms with van der Waals surface area (Å²) >= 11 is 2.00. The van der Waals surface area contributed by atoms with Crippen LogP contribution in [0.4, 0.5) is 0 Å². The average molecular weight is 279 g/mol. The minimum atomic E-state index is 0.110. The summed E-state index contributed by atoms with van der Waals surface area (Å²) in [7, 11) is 0. The molecule has 0 unspecified atom stereocenters. The van der Waals surface area contributed by atoms with E-state index in [4.69, 9.17) is 4.74 Å². The lowest BCUT2D eigenvalue weighted by Crippen LogP contribution is -2.32. The van der Waals surface area contributed by atoms with E-state index in [0.29, 0.717) is 6.61 Å². The van der Waals surface area contributed by atoms with Crippen LogP contribution in [0.2, 0.25) is 0 Å². The quantitative estimate of drug-likeness (QED) is 0.775. The summed E-state index contributed by atoms with van der Waals surface area (Å²) in [6.45, 7) is 7.34. The van der Waals surface area contributed by atoms with Crippen LogP contribution in [-0.4, -0.2) is 41.9 Å². The zero-order chi connectivity index (χ0) is 13.7. The van der Waals surface area contributed by atoms with E-state index < -0.39 is 0 Å². The van der Waals surface area contributed by atoms with Gasteiger partial charge in [0.1, 0.15) is 5.75 Å². The molecule has 1 aromatic carbocycles. The molecule has 1 heterocycles. The molecule has 104 valence electrons. The second-order valence-corrected chi connectivity index (χ2v) is 5.92. The summed E-state index contributed by atoms with van der Waals surface area (Å²) in [6, 6.07) is 5.76. The molecule has 19 heavy (non-hydrogen) atoms. The molecule has 0 radical (unpaired) electrons. The summed E-state index contributed by atoms with van der Waals surface area (Å²) in [5.74, 6) is 3.40. The van der Waals surface area contributed by atoms with E-state index in [1.165, 1.54) is 11.5 Å². The van der Waals surface area contributed by atoms with E-state index >= 15 is 0 Å². The maximum Gasteiger partial charge on any atom is 0.159 e.